The van der Waals surface area contributed by atoms with Crippen LogP contribution in [-0.4, -0.2) is 35.8 Å². The molecule has 1 aliphatic heterocycles. The van der Waals surface area contributed by atoms with Crippen molar-refractivity contribution in [2.45, 2.75) is 45.3 Å². The number of nitrogens with zero attached hydrogens (tertiary/aromatic N) is 2. The molecule has 2 heterocycles. The number of nitrogens with one attached hydrogen (secondary N) is 1. The second-order valence-electron chi connectivity index (χ2n) is 5.37. The van der Waals surface area contributed by atoms with Gasteiger partial charge in [0.05, 0.1) is 6.10 Å². The number of aliphatic hydroxyl groups is 1. The third-order valence-corrected chi connectivity index (χ3v) is 3.69. The number of pyridine rings is 1. The molecule has 2 unspecified atom stereocenters. The van der Waals surface area contributed by atoms with E-state index in [1.807, 2.05) is 6.20 Å². The van der Waals surface area contributed by atoms with Gasteiger partial charge in [-0.3, -0.25) is 0 Å². The Morgan fingerprint density at radius 3 is 3.00 bits per heavy atom. The van der Waals surface area contributed by atoms with E-state index in [0.717, 1.165) is 38.2 Å². The van der Waals surface area contributed by atoms with Gasteiger partial charge in [-0.1, -0.05) is 13.0 Å². The van der Waals surface area contributed by atoms with Crippen molar-refractivity contribution >= 4 is 5.82 Å². The predicted octanol–water partition coefficient (Wildman–Crippen LogP) is 2.10. The molecule has 1 aromatic rings. The minimum Gasteiger partial charge on any atom is -0.391 e. The summed E-state index contributed by atoms with van der Waals surface area (Å²) in [5, 5.41) is 13.2. The summed E-state index contributed by atoms with van der Waals surface area (Å²) < 4.78 is 0. The summed E-state index contributed by atoms with van der Waals surface area (Å²) in [4.78, 5) is 6.71. The summed E-state index contributed by atoms with van der Waals surface area (Å²) >= 11 is 0. The molecule has 0 aromatic carbocycles. The van der Waals surface area contributed by atoms with Crippen molar-refractivity contribution in [3.8, 4) is 0 Å². The van der Waals surface area contributed by atoms with Gasteiger partial charge in [-0.2, -0.15) is 0 Å². The smallest absolute Gasteiger partial charge is 0.128 e. The second-order valence-corrected chi connectivity index (χ2v) is 5.37. The molecule has 1 fully saturated rings. The van der Waals surface area contributed by atoms with E-state index in [4.69, 9.17) is 0 Å². The summed E-state index contributed by atoms with van der Waals surface area (Å²) in [6.45, 7) is 7.06. The molecule has 2 N–H and O–H groups in total. The van der Waals surface area contributed by atoms with Crippen molar-refractivity contribution in [1.29, 1.82) is 0 Å². The lowest BCUT2D eigenvalue weighted by atomic mass is 10.1. The van der Waals surface area contributed by atoms with Crippen LogP contribution in [0.3, 0.4) is 0 Å². The molecule has 2 atom stereocenters. The van der Waals surface area contributed by atoms with Crippen LogP contribution in [0.25, 0.3) is 0 Å². The van der Waals surface area contributed by atoms with E-state index in [1.165, 1.54) is 5.56 Å². The maximum atomic E-state index is 9.70. The first kappa shape index (κ1) is 14.3. The molecule has 4 heteroatoms. The third kappa shape index (κ3) is 3.91. The Balaban J connectivity index is 1.97. The Kier molecular flexibility index (Phi) is 5.16. The number of piperidine rings is 1. The average molecular weight is 263 g/mol. The van der Waals surface area contributed by atoms with Crippen molar-refractivity contribution in [2.24, 2.45) is 0 Å². The standard InChI is InChI=1S/C15H25N3O/c1-3-8-16-12(2)13-6-7-15(17-10-13)18-9-4-5-14(19)11-18/h6-7,10,12,14,16,19H,3-5,8-9,11H2,1-2H3. The molecule has 4 nitrogen and oxygen atoms in total. The number of rotatable bonds is 5. The zero-order chi connectivity index (χ0) is 13.7. The van der Waals surface area contributed by atoms with Gasteiger partial charge in [0.2, 0.25) is 0 Å². The van der Waals surface area contributed by atoms with Gasteiger partial charge in [0.15, 0.2) is 0 Å². The predicted molar refractivity (Wildman–Crippen MR) is 78.4 cm³/mol. The van der Waals surface area contributed by atoms with Crippen molar-refractivity contribution in [2.75, 3.05) is 24.5 Å². The fraction of sp³-hybridized carbons (Fsp3) is 0.667. The number of β-amino-alcohol motifs (C(OH)–C–C–N with tert-alkyl or cyclic N) is 1. The first-order valence-electron chi connectivity index (χ1n) is 7.33. The minimum atomic E-state index is -0.208. The quantitative estimate of drug-likeness (QED) is 0.854. The van der Waals surface area contributed by atoms with Crippen molar-refractivity contribution in [3.05, 3.63) is 23.9 Å². The van der Waals surface area contributed by atoms with Gasteiger partial charge < -0.3 is 15.3 Å². The Morgan fingerprint density at radius 2 is 2.37 bits per heavy atom. The van der Waals surface area contributed by atoms with Gasteiger partial charge in [0.25, 0.3) is 0 Å². The zero-order valence-corrected chi connectivity index (χ0v) is 12.0. The lowest BCUT2D eigenvalue weighted by Crippen LogP contribution is -2.38. The van der Waals surface area contributed by atoms with Crippen LogP contribution in [0, 0.1) is 0 Å². The van der Waals surface area contributed by atoms with Crippen LogP contribution >= 0.6 is 0 Å². The van der Waals surface area contributed by atoms with Crippen LogP contribution in [-0.2, 0) is 0 Å². The summed E-state index contributed by atoms with van der Waals surface area (Å²) in [6.07, 6.45) is 4.83. The number of aromatic nitrogens is 1. The largest absolute Gasteiger partial charge is 0.391 e. The summed E-state index contributed by atoms with van der Waals surface area (Å²) in [5.41, 5.74) is 1.22. The SMILES string of the molecule is CCCNC(C)c1ccc(N2CCCC(O)C2)nc1. The number of aliphatic hydroxyl groups excluding tert-OH is 1. The molecule has 106 valence electrons. The average Bonchev–Trinajstić information content (AvgIpc) is 2.45. The Hall–Kier alpha value is -1.13. The fourth-order valence-corrected chi connectivity index (χ4v) is 2.48. The van der Waals surface area contributed by atoms with Gasteiger partial charge in [0, 0.05) is 25.3 Å². The summed E-state index contributed by atoms with van der Waals surface area (Å²) in [7, 11) is 0. The van der Waals surface area contributed by atoms with Gasteiger partial charge >= 0.3 is 0 Å². The molecule has 1 aliphatic rings. The molecular weight excluding hydrogens is 238 g/mol. The molecule has 19 heavy (non-hydrogen) atoms. The highest BCUT2D eigenvalue weighted by Crippen LogP contribution is 2.20. The lowest BCUT2D eigenvalue weighted by molar-refractivity contribution is 0.154. The highest BCUT2D eigenvalue weighted by Gasteiger charge is 2.18. The first-order valence-corrected chi connectivity index (χ1v) is 7.33. The van der Waals surface area contributed by atoms with Crippen LogP contribution < -0.4 is 10.2 Å². The topological polar surface area (TPSA) is 48.4 Å². The molecular formula is C15H25N3O. The molecule has 0 bridgehead atoms. The van der Waals surface area contributed by atoms with Crippen molar-refractivity contribution in [1.82, 2.24) is 10.3 Å². The van der Waals surface area contributed by atoms with E-state index < -0.39 is 0 Å². The van der Waals surface area contributed by atoms with E-state index in [9.17, 15) is 5.11 Å². The van der Waals surface area contributed by atoms with Gasteiger partial charge in [-0.25, -0.2) is 4.98 Å². The van der Waals surface area contributed by atoms with E-state index in [1.54, 1.807) is 0 Å². The molecule has 0 saturated carbocycles. The van der Waals surface area contributed by atoms with E-state index in [2.05, 4.69) is 41.2 Å². The normalized spacial score (nSPS) is 21.4. The lowest BCUT2D eigenvalue weighted by Gasteiger charge is -2.31. The highest BCUT2D eigenvalue weighted by molar-refractivity contribution is 5.40. The molecule has 2 rings (SSSR count). The van der Waals surface area contributed by atoms with Crippen LogP contribution in [0.15, 0.2) is 18.3 Å². The zero-order valence-electron chi connectivity index (χ0n) is 12.0. The molecule has 1 saturated heterocycles. The molecule has 0 spiro atoms. The molecule has 0 aliphatic carbocycles. The van der Waals surface area contributed by atoms with E-state index in [0.29, 0.717) is 12.6 Å². The number of hydrogen-bond donors (Lipinski definition) is 2. The van der Waals surface area contributed by atoms with Gasteiger partial charge in [-0.05, 0) is 44.4 Å². The van der Waals surface area contributed by atoms with Crippen molar-refractivity contribution in [3.63, 3.8) is 0 Å². The maximum absolute atomic E-state index is 9.70. The molecule has 1 aromatic heterocycles. The van der Waals surface area contributed by atoms with Crippen LogP contribution in [0.5, 0.6) is 0 Å². The first-order chi connectivity index (χ1) is 9.20. The summed E-state index contributed by atoms with van der Waals surface area (Å²) in [5.74, 6) is 0.977. The Morgan fingerprint density at radius 1 is 1.53 bits per heavy atom. The third-order valence-electron chi connectivity index (χ3n) is 3.69. The van der Waals surface area contributed by atoms with Crippen LogP contribution in [0.1, 0.15) is 44.7 Å². The van der Waals surface area contributed by atoms with E-state index in [-0.39, 0.29) is 6.10 Å². The maximum Gasteiger partial charge on any atom is 0.128 e. The Labute approximate surface area is 115 Å². The monoisotopic (exact) mass is 263 g/mol. The summed E-state index contributed by atoms with van der Waals surface area (Å²) in [6, 6.07) is 4.54. The van der Waals surface area contributed by atoms with E-state index >= 15 is 0 Å². The fourth-order valence-electron chi connectivity index (χ4n) is 2.48. The van der Waals surface area contributed by atoms with Crippen LogP contribution in [0.4, 0.5) is 5.82 Å². The minimum absolute atomic E-state index is 0.208. The van der Waals surface area contributed by atoms with Gasteiger partial charge in [-0.15, -0.1) is 0 Å². The Bertz CT molecular complexity index is 379. The van der Waals surface area contributed by atoms with Crippen LogP contribution in [0.2, 0.25) is 0 Å². The highest BCUT2D eigenvalue weighted by atomic mass is 16.3. The number of hydrogen-bond acceptors (Lipinski definition) is 4. The molecule has 0 radical (unpaired) electrons. The number of anilines is 1. The molecule has 0 amide bonds. The van der Waals surface area contributed by atoms with Gasteiger partial charge in [0.1, 0.15) is 5.82 Å². The second kappa shape index (κ2) is 6.87. The van der Waals surface area contributed by atoms with Crippen molar-refractivity contribution < 1.29 is 5.11 Å².